The number of hydrogen-bond donors (Lipinski definition) is 3. The Balaban J connectivity index is 1.29. The van der Waals surface area contributed by atoms with E-state index in [0.29, 0.717) is 44.9 Å². The minimum Gasteiger partial charge on any atom is -0.483 e. The van der Waals surface area contributed by atoms with Gasteiger partial charge in [-0.25, -0.2) is 22.6 Å². The number of benzene rings is 1. The molecule has 7 rings (SSSR count). The Labute approximate surface area is 345 Å². The van der Waals surface area contributed by atoms with Crippen LogP contribution in [0, 0.1) is 5.92 Å². The average Bonchev–Trinajstić information content (AvgIpc) is 3.82. The third-order valence-corrected chi connectivity index (χ3v) is 14.6. The lowest BCUT2D eigenvalue weighted by Gasteiger charge is -2.48. The molecule has 1 spiro atoms. The fraction of sp³-hybridized carbons (Fsp3) is 0.634. The number of ether oxygens (including phenoxy) is 3. The topological polar surface area (TPSA) is 182 Å². The number of hydrogen-bond acceptors (Lipinski definition) is 10. The van der Waals surface area contributed by atoms with E-state index >= 15 is 0 Å². The van der Waals surface area contributed by atoms with E-state index in [9.17, 15) is 45.2 Å². The van der Waals surface area contributed by atoms with Crippen molar-refractivity contribution in [1.82, 2.24) is 25.2 Å². The van der Waals surface area contributed by atoms with Gasteiger partial charge in [-0.15, -0.1) is 0 Å². The number of pyridine rings is 1. The molecule has 60 heavy (non-hydrogen) atoms. The van der Waals surface area contributed by atoms with Crippen LogP contribution in [-0.4, -0.2) is 89.1 Å². The second-order valence-electron chi connectivity index (χ2n) is 17.9. The fourth-order valence-corrected chi connectivity index (χ4v) is 9.99. The van der Waals surface area contributed by atoms with Crippen molar-refractivity contribution in [2.24, 2.45) is 5.92 Å². The first-order valence-electron chi connectivity index (χ1n) is 20.4. The molecule has 3 fully saturated rings. The van der Waals surface area contributed by atoms with Gasteiger partial charge < -0.3 is 29.7 Å². The van der Waals surface area contributed by atoms with Gasteiger partial charge in [-0.1, -0.05) is 25.0 Å². The van der Waals surface area contributed by atoms with Gasteiger partial charge in [-0.05, 0) is 104 Å². The maximum Gasteiger partial charge on any atom is 0.437 e. The highest BCUT2D eigenvalue weighted by Crippen LogP contribution is 2.50. The van der Waals surface area contributed by atoms with Crippen LogP contribution in [-0.2, 0) is 41.7 Å². The molecule has 2 aliphatic carbocycles. The van der Waals surface area contributed by atoms with Gasteiger partial charge in [0.15, 0.2) is 11.4 Å². The number of aromatic nitrogens is 1. The van der Waals surface area contributed by atoms with Gasteiger partial charge in [0, 0.05) is 23.3 Å². The number of sulfonamides is 1. The first-order valence-corrected chi connectivity index (χ1v) is 21.8. The van der Waals surface area contributed by atoms with Crippen molar-refractivity contribution in [2.45, 2.75) is 144 Å². The van der Waals surface area contributed by atoms with Crippen molar-refractivity contribution in [3.63, 3.8) is 0 Å². The molecule has 0 bridgehead atoms. The number of nitrogens with zero attached hydrogens (tertiary/aromatic N) is 2. The van der Waals surface area contributed by atoms with Gasteiger partial charge in [0.1, 0.15) is 34.6 Å². The summed E-state index contributed by atoms with van der Waals surface area (Å²) in [5.41, 5.74) is -5.45. The summed E-state index contributed by atoms with van der Waals surface area (Å²) in [5.74, 6) is -3.62. The molecule has 1 aromatic heterocycles. The van der Waals surface area contributed by atoms with Crippen LogP contribution < -0.4 is 24.8 Å². The van der Waals surface area contributed by atoms with E-state index in [-0.39, 0.29) is 60.9 Å². The standard InChI is InChI=1S/C41H51F4N5O9S/c1-37(2,3)59-36(54)47-29-11-9-7-5-6-8-10-24-14-17-40(24,35(53)49-60(55,56)38(4)18-19-38)48-33(51)30-21-39(22-50(30)34(29)52)16-15-26-27-20-25(57-23-42)12-13-28(27)46-32(31(26)58-39)41(43,44)45/h8,10,12-13,20,24,29-30H,5-7,9,11,14-19,21-23H2,1-4H3,(H,47,54)(H,48,51)(H,49,53). The number of halogens is 4. The predicted octanol–water partition coefficient (Wildman–Crippen LogP) is 5.90. The molecule has 1 saturated heterocycles. The highest BCUT2D eigenvalue weighted by molar-refractivity contribution is 7.91. The Kier molecular flexibility index (Phi) is 11.3. The van der Waals surface area contributed by atoms with E-state index in [1.807, 2.05) is 6.08 Å². The molecule has 4 heterocycles. The molecule has 3 aliphatic heterocycles. The molecule has 328 valence electrons. The summed E-state index contributed by atoms with van der Waals surface area (Å²) in [6, 6.07) is 1.32. The van der Waals surface area contributed by atoms with Gasteiger partial charge in [-0.3, -0.25) is 19.1 Å². The zero-order valence-corrected chi connectivity index (χ0v) is 34.8. The number of aryl methyl sites for hydroxylation is 1. The van der Waals surface area contributed by atoms with Gasteiger partial charge in [0.25, 0.3) is 5.91 Å². The largest absolute Gasteiger partial charge is 0.483 e. The van der Waals surface area contributed by atoms with Crippen LogP contribution in [0.3, 0.4) is 0 Å². The summed E-state index contributed by atoms with van der Waals surface area (Å²) >= 11 is 0. The van der Waals surface area contributed by atoms with Crippen molar-refractivity contribution >= 4 is 44.7 Å². The maximum atomic E-state index is 14.8. The van der Waals surface area contributed by atoms with Gasteiger partial charge in [0.2, 0.25) is 28.7 Å². The minimum absolute atomic E-state index is 0.0240. The molecular formula is C41H51F4N5O9S. The van der Waals surface area contributed by atoms with Crippen molar-refractivity contribution in [1.29, 1.82) is 0 Å². The van der Waals surface area contributed by atoms with Crippen LogP contribution in [0.15, 0.2) is 30.4 Å². The molecule has 14 nitrogen and oxygen atoms in total. The molecule has 2 aromatic rings. The zero-order valence-electron chi connectivity index (χ0n) is 34.0. The summed E-state index contributed by atoms with van der Waals surface area (Å²) in [6.07, 6.45) is 1.25. The summed E-state index contributed by atoms with van der Waals surface area (Å²) in [6.45, 7) is 4.93. The molecule has 19 heteroatoms. The van der Waals surface area contributed by atoms with Crippen LogP contribution in [0.2, 0.25) is 0 Å². The Morgan fingerprint density at radius 1 is 1.07 bits per heavy atom. The van der Waals surface area contributed by atoms with Crippen LogP contribution in [0.1, 0.15) is 110 Å². The molecule has 5 aliphatic rings. The van der Waals surface area contributed by atoms with Crippen LogP contribution in [0.5, 0.6) is 11.5 Å². The predicted molar refractivity (Wildman–Crippen MR) is 209 cm³/mol. The number of allylic oxidation sites excluding steroid dienone is 1. The summed E-state index contributed by atoms with van der Waals surface area (Å²) < 4.78 is 102. The number of nitrogens with one attached hydrogen (secondary N) is 3. The van der Waals surface area contributed by atoms with E-state index in [1.165, 1.54) is 30.0 Å². The monoisotopic (exact) mass is 865 g/mol. The second-order valence-corrected chi connectivity index (χ2v) is 20.1. The molecule has 4 amide bonds. The van der Waals surface area contributed by atoms with Crippen molar-refractivity contribution in [3.05, 3.63) is 41.6 Å². The molecular weight excluding hydrogens is 815 g/mol. The quantitative estimate of drug-likeness (QED) is 0.234. The van der Waals surface area contributed by atoms with E-state index < -0.39 is 97.8 Å². The Bertz CT molecular complexity index is 2210. The first kappa shape index (κ1) is 43.4. The third kappa shape index (κ3) is 8.46. The molecule has 3 N–H and O–H groups in total. The van der Waals surface area contributed by atoms with Gasteiger partial charge in [-0.2, -0.15) is 13.2 Å². The van der Waals surface area contributed by atoms with Gasteiger partial charge >= 0.3 is 12.3 Å². The highest BCUT2D eigenvalue weighted by Gasteiger charge is 2.60. The molecule has 5 unspecified atom stereocenters. The van der Waals surface area contributed by atoms with E-state index in [4.69, 9.17) is 14.2 Å². The van der Waals surface area contributed by atoms with E-state index in [0.717, 1.165) is 0 Å². The zero-order chi connectivity index (χ0) is 43.5. The number of rotatable bonds is 6. The Morgan fingerprint density at radius 2 is 1.82 bits per heavy atom. The fourth-order valence-electron chi connectivity index (χ4n) is 8.68. The summed E-state index contributed by atoms with van der Waals surface area (Å²) in [7, 11) is -4.13. The number of fused-ring (bicyclic) bond motifs is 5. The molecule has 0 radical (unpaired) electrons. The lowest BCUT2D eigenvalue weighted by Crippen LogP contribution is -2.70. The number of alkyl carbamates (subject to hydrolysis) is 1. The second kappa shape index (κ2) is 15.7. The van der Waals surface area contributed by atoms with Crippen molar-refractivity contribution in [3.8, 4) is 11.5 Å². The molecule has 5 atom stereocenters. The van der Waals surface area contributed by atoms with E-state index in [1.54, 1.807) is 26.8 Å². The third-order valence-electron chi connectivity index (χ3n) is 12.4. The molecule has 1 aromatic carbocycles. The Hall–Kier alpha value is -4.68. The van der Waals surface area contributed by atoms with Crippen LogP contribution >= 0.6 is 0 Å². The van der Waals surface area contributed by atoms with E-state index in [2.05, 4.69) is 20.3 Å². The summed E-state index contributed by atoms with van der Waals surface area (Å²) in [5, 5.41) is 5.72. The van der Waals surface area contributed by atoms with Crippen molar-refractivity contribution < 1.29 is 59.4 Å². The maximum absolute atomic E-state index is 14.8. The number of carbonyl (C=O) groups is 4. The summed E-state index contributed by atoms with van der Waals surface area (Å²) in [4.78, 5) is 61.9. The lowest BCUT2D eigenvalue weighted by molar-refractivity contribution is -0.145. The number of amides is 4. The van der Waals surface area contributed by atoms with Gasteiger partial charge in [0.05, 0.1) is 16.8 Å². The smallest absolute Gasteiger partial charge is 0.437 e. The van der Waals surface area contributed by atoms with Crippen LogP contribution in [0.25, 0.3) is 10.9 Å². The van der Waals surface area contributed by atoms with Crippen LogP contribution in [0.4, 0.5) is 22.4 Å². The molecule has 2 saturated carbocycles. The normalized spacial score (nSPS) is 28.1. The highest BCUT2D eigenvalue weighted by atomic mass is 32.2. The number of carbonyl (C=O) groups excluding carboxylic acids is 4. The SMILES string of the molecule is CC(C)(C)OC(=O)NC1CCCCCC=CC2CCC2(C(=O)NS(=O)(=O)C2(C)CC2)NC(=O)C2CC3(CCc4c(c(C(F)(F)F)nc5ccc(OCF)cc45)O3)CN2C1=O. The minimum atomic E-state index is -4.99. The van der Waals surface area contributed by atoms with Crippen molar-refractivity contribution in [2.75, 3.05) is 13.4 Å². The average molecular weight is 866 g/mol. The Morgan fingerprint density at radius 3 is 2.47 bits per heavy atom. The lowest BCUT2D eigenvalue weighted by atomic mass is 9.65. The first-order chi connectivity index (χ1) is 28.1. The number of alkyl halides is 4.